The number of para-hydroxylation sites is 1. The summed E-state index contributed by atoms with van der Waals surface area (Å²) in [6.07, 6.45) is 0.164. The van der Waals surface area contributed by atoms with Crippen molar-refractivity contribution in [1.82, 2.24) is 4.98 Å². The van der Waals surface area contributed by atoms with Crippen LogP contribution in [0, 0.1) is 0 Å². The van der Waals surface area contributed by atoms with Gasteiger partial charge in [0.2, 0.25) is 5.91 Å². The summed E-state index contributed by atoms with van der Waals surface area (Å²) in [7, 11) is 0. The van der Waals surface area contributed by atoms with Crippen molar-refractivity contribution in [2.75, 3.05) is 10.6 Å². The van der Waals surface area contributed by atoms with Crippen LogP contribution in [0.15, 0.2) is 47.2 Å². The van der Waals surface area contributed by atoms with E-state index in [0.717, 1.165) is 11.3 Å². The predicted octanol–water partition coefficient (Wildman–Crippen LogP) is 4.76. The standard InChI is InChI=1S/C19H19N3O2S2/c1-12(2)14-6-3-4-7-15(14)21-17(23)10-13-11-26-19(20-13)22-18(24)16-8-5-9-25-16/h3-9,11-12H,10H2,1-2H3,(H,21,23)(H,20,22,24). The maximum absolute atomic E-state index is 12.3. The molecule has 7 heteroatoms. The van der Waals surface area contributed by atoms with Gasteiger partial charge < -0.3 is 5.32 Å². The van der Waals surface area contributed by atoms with Crippen molar-refractivity contribution < 1.29 is 9.59 Å². The maximum Gasteiger partial charge on any atom is 0.267 e. The molecule has 2 N–H and O–H groups in total. The van der Waals surface area contributed by atoms with Gasteiger partial charge in [0.15, 0.2) is 5.13 Å². The lowest BCUT2D eigenvalue weighted by Crippen LogP contribution is -2.16. The van der Waals surface area contributed by atoms with Crippen LogP contribution >= 0.6 is 22.7 Å². The highest BCUT2D eigenvalue weighted by Crippen LogP contribution is 2.24. The van der Waals surface area contributed by atoms with Crippen LogP contribution in [0.4, 0.5) is 10.8 Å². The third kappa shape index (κ3) is 4.56. The molecule has 134 valence electrons. The Morgan fingerprint density at radius 2 is 1.88 bits per heavy atom. The number of hydrogen-bond acceptors (Lipinski definition) is 5. The van der Waals surface area contributed by atoms with Crippen LogP contribution in [-0.2, 0) is 11.2 Å². The number of thiophene rings is 1. The van der Waals surface area contributed by atoms with E-state index < -0.39 is 0 Å². The van der Waals surface area contributed by atoms with Crippen molar-refractivity contribution in [3.8, 4) is 0 Å². The van der Waals surface area contributed by atoms with Gasteiger partial charge in [-0.2, -0.15) is 0 Å². The summed E-state index contributed by atoms with van der Waals surface area (Å²) in [6, 6.07) is 11.4. The number of nitrogens with one attached hydrogen (secondary N) is 2. The Bertz CT molecular complexity index is 901. The summed E-state index contributed by atoms with van der Waals surface area (Å²) < 4.78 is 0. The Balaban J connectivity index is 1.60. The van der Waals surface area contributed by atoms with E-state index in [4.69, 9.17) is 0 Å². The predicted molar refractivity (Wildman–Crippen MR) is 107 cm³/mol. The van der Waals surface area contributed by atoms with E-state index in [0.29, 0.717) is 21.6 Å². The first kappa shape index (κ1) is 18.3. The first-order chi connectivity index (χ1) is 12.5. The topological polar surface area (TPSA) is 71.1 Å². The molecular formula is C19H19N3O2S2. The van der Waals surface area contributed by atoms with Crippen molar-refractivity contribution in [1.29, 1.82) is 0 Å². The minimum absolute atomic E-state index is 0.125. The van der Waals surface area contributed by atoms with Gasteiger partial charge in [-0.05, 0) is 29.0 Å². The van der Waals surface area contributed by atoms with E-state index in [1.54, 1.807) is 11.4 Å². The highest BCUT2D eigenvalue weighted by molar-refractivity contribution is 7.14. The largest absolute Gasteiger partial charge is 0.325 e. The second-order valence-corrected chi connectivity index (χ2v) is 7.85. The number of hydrogen-bond donors (Lipinski definition) is 2. The molecule has 2 heterocycles. The first-order valence-corrected chi connectivity index (χ1v) is 9.97. The number of benzene rings is 1. The zero-order valence-electron chi connectivity index (χ0n) is 14.5. The summed E-state index contributed by atoms with van der Waals surface area (Å²) in [5.41, 5.74) is 2.56. The van der Waals surface area contributed by atoms with Crippen LogP contribution in [0.25, 0.3) is 0 Å². The van der Waals surface area contributed by atoms with E-state index in [9.17, 15) is 9.59 Å². The van der Waals surface area contributed by atoms with E-state index in [1.165, 1.54) is 22.7 Å². The molecule has 0 aliphatic heterocycles. The molecule has 2 amide bonds. The van der Waals surface area contributed by atoms with Crippen molar-refractivity contribution >= 4 is 45.3 Å². The Labute approximate surface area is 160 Å². The quantitative estimate of drug-likeness (QED) is 0.642. The van der Waals surface area contributed by atoms with Crippen LogP contribution < -0.4 is 10.6 Å². The Kier molecular flexibility index (Phi) is 5.80. The van der Waals surface area contributed by atoms with Gasteiger partial charge in [-0.25, -0.2) is 4.98 Å². The average Bonchev–Trinajstić information content (AvgIpc) is 3.27. The minimum atomic E-state index is -0.184. The zero-order valence-corrected chi connectivity index (χ0v) is 16.1. The molecule has 0 aliphatic rings. The SMILES string of the molecule is CC(C)c1ccccc1NC(=O)Cc1csc(NC(=O)c2cccs2)n1. The second kappa shape index (κ2) is 8.25. The van der Waals surface area contributed by atoms with E-state index in [1.807, 2.05) is 35.7 Å². The lowest BCUT2D eigenvalue weighted by Gasteiger charge is -2.13. The van der Waals surface area contributed by atoms with Gasteiger partial charge in [0.25, 0.3) is 5.91 Å². The summed E-state index contributed by atoms with van der Waals surface area (Å²) in [4.78, 5) is 29.3. The molecule has 0 saturated carbocycles. The van der Waals surface area contributed by atoms with Crippen LogP contribution in [0.5, 0.6) is 0 Å². The number of nitrogens with zero attached hydrogens (tertiary/aromatic N) is 1. The zero-order chi connectivity index (χ0) is 18.5. The molecule has 5 nitrogen and oxygen atoms in total. The number of thiazole rings is 1. The maximum atomic E-state index is 12.3. The number of carbonyl (C=O) groups excluding carboxylic acids is 2. The van der Waals surface area contributed by atoms with E-state index in [2.05, 4.69) is 29.5 Å². The number of carbonyl (C=O) groups is 2. The van der Waals surface area contributed by atoms with Crippen LogP contribution in [0.3, 0.4) is 0 Å². The lowest BCUT2D eigenvalue weighted by molar-refractivity contribution is -0.115. The summed E-state index contributed by atoms with van der Waals surface area (Å²) in [6.45, 7) is 4.18. The van der Waals surface area contributed by atoms with Gasteiger partial charge in [-0.3, -0.25) is 14.9 Å². The highest BCUT2D eigenvalue weighted by atomic mass is 32.1. The van der Waals surface area contributed by atoms with Crippen LogP contribution in [0.1, 0.15) is 40.7 Å². The Morgan fingerprint density at radius 3 is 2.62 bits per heavy atom. The van der Waals surface area contributed by atoms with Gasteiger partial charge in [-0.15, -0.1) is 22.7 Å². The summed E-state index contributed by atoms with van der Waals surface area (Å²) in [5.74, 6) is 0.0144. The van der Waals surface area contributed by atoms with Crippen molar-refractivity contribution in [2.45, 2.75) is 26.2 Å². The average molecular weight is 386 g/mol. The fraction of sp³-hybridized carbons (Fsp3) is 0.211. The number of rotatable bonds is 6. The van der Waals surface area contributed by atoms with Gasteiger partial charge in [0, 0.05) is 11.1 Å². The monoisotopic (exact) mass is 385 g/mol. The van der Waals surface area contributed by atoms with Crippen LogP contribution in [-0.4, -0.2) is 16.8 Å². The molecule has 0 aliphatic carbocycles. The molecule has 2 aromatic heterocycles. The normalized spacial score (nSPS) is 10.7. The number of aromatic nitrogens is 1. The van der Waals surface area contributed by atoms with Gasteiger partial charge >= 0.3 is 0 Å². The fourth-order valence-electron chi connectivity index (χ4n) is 2.49. The molecule has 0 atom stereocenters. The van der Waals surface area contributed by atoms with Crippen molar-refractivity contribution in [2.24, 2.45) is 0 Å². The fourth-order valence-corrected chi connectivity index (χ4v) is 3.81. The molecule has 0 unspecified atom stereocenters. The van der Waals surface area contributed by atoms with Crippen LogP contribution in [0.2, 0.25) is 0 Å². The second-order valence-electron chi connectivity index (χ2n) is 6.04. The first-order valence-electron chi connectivity index (χ1n) is 8.21. The van der Waals surface area contributed by atoms with Gasteiger partial charge in [-0.1, -0.05) is 38.1 Å². The van der Waals surface area contributed by atoms with Gasteiger partial charge in [0.1, 0.15) is 0 Å². The highest BCUT2D eigenvalue weighted by Gasteiger charge is 2.13. The molecule has 1 aromatic carbocycles. The molecule has 0 saturated heterocycles. The van der Waals surface area contributed by atoms with Gasteiger partial charge in [0.05, 0.1) is 17.0 Å². The third-order valence-electron chi connectivity index (χ3n) is 3.72. The molecule has 3 rings (SSSR count). The molecule has 26 heavy (non-hydrogen) atoms. The Hall–Kier alpha value is -2.51. The molecule has 0 spiro atoms. The summed E-state index contributed by atoms with van der Waals surface area (Å²) >= 11 is 2.69. The third-order valence-corrected chi connectivity index (χ3v) is 5.39. The van der Waals surface area contributed by atoms with Crippen molar-refractivity contribution in [3.05, 3.63) is 63.3 Å². The van der Waals surface area contributed by atoms with Crippen molar-refractivity contribution in [3.63, 3.8) is 0 Å². The molecule has 0 radical (unpaired) electrons. The molecule has 0 fully saturated rings. The number of anilines is 2. The number of amides is 2. The molecule has 0 bridgehead atoms. The lowest BCUT2D eigenvalue weighted by atomic mass is 10.0. The van der Waals surface area contributed by atoms with E-state index >= 15 is 0 Å². The smallest absolute Gasteiger partial charge is 0.267 e. The molecule has 3 aromatic rings. The molecular weight excluding hydrogens is 366 g/mol. The Morgan fingerprint density at radius 1 is 1.08 bits per heavy atom. The summed E-state index contributed by atoms with van der Waals surface area (Å²) in [5, 5.41) is 9.84. The van der Waals surface area contributed by atoms with E-state index in [-0.39, 0.29) is 18.2 Å². The minimum Gasteiger partial charge on any atom is -0.325 e.